The summed E-state index contributed by atoms with van der Waals surface area (Å²) in [5, 5.41) is 14.6. The molecule has 3 rings (SSSR count). The molecule has 0 bridgehead atoms. The summed E-state index contributed by atoms with van der Waals surface area (Å²) in [6, 6.07) is 5.83. The minimum absolute atomic E-state index is 0.0688. The van der Waals surface area contributed by atoms with Crippen molar-refractivity contribution in [3.8, 4) is 5.75 Å². The maximum absolute atomic E-state index is 13.1. The third kappa shape index (κ3) is 6.56. The Morgan fingerprint density at radius 3 is 2.66 bits per heavy atom. The van der Waals surface area contributed by atoms with E-state index in [1.165, 1.54) is 19.3 Å². The number of benzene rings is 1. The third-order valence-corrected chi connectivity index (χ3v) is 6.21. The van der Waals surface area contributed by atoms with E-state index in [2.05, 4.69) is 23.7 Å². The number of hydrogen-bond donors (Lipinski definition) is 2. The van der Waals surface area contributed by atoms with Crippen molar-refractivity contribution in [2.24, 2.45) is 5.92 Å². The van der Waals surface area contributed by atoms with Crippen LogP contribution in [-0.4, -0.2) is 54.5 Å². The first-order valence-corrected chi connectivity index (χ1v) is 12.2. The number of aryl methyl sites for hydroxylation is 1. The predicted octanol–water partition coefficient (Wildman–Crippen LogP) is 4.82. The third-order valence-electron chi connectivity index (χ3n) is 6.21. The molecule has 0 saturated carbocycles. The predicted molar refractivity (Wildman–Crippen MR) is 131 cm³/mol. The van der Waals surface area contributed by atoms with Crippen molar-refractivity contribution in [3.63, 3.8) is 0 Å². The summed E-state index contributed by atoms with van der Waals surface area (Å²) in [5.74, 6) is 1.38. The van der Waals surface area contributed by atoms with Crippen LogP contribution >= 0.6 is 0 Å². The minimum Gasteiger partial charge on any atom is -0.496 e. The van der Waals surface area contributed by atoms with E-state index >= 15 is 0 Å². The number of fused-ring (bicyclic) bond motifs is 1. The van der Waals surface area contributed by atoms with Crippen LogP contribution in [0.5, 0.6) is 5.75 Å². The second kappa shape index (κ2) is 13.0. The summed E-state index contributed by atoms with van der Waals surface area (Å²) < 4.78 is 12.8. The van der Waals surface area contributed by atoms with Gasteiger partial charge < -0.3 is 24.5 Å². The first kappa shape index (κ1) is 26.4. The highest BCUT2D eigenvalue weighted by Crippen LogP contribution is 2.32. The fraction of sp³-hybridized carbons (Fsp3) is 0.654. The second-order valence-electron chi connectivity index (χ2n) is 8.53. The second-order valence-corrected chi connectivity index (χ2v) is 8.53. The lowest BCUT2D eigenvalue weighted by molar-refractivity contribution is -0.182. The number of aromatic nitrogens is 1. The molecule has 1 aliphatic heterocycles. The van der Waals surface area contributed by atoms with Crippen molar-refractivity contribution in [2.45, 2.75) is 71.9 Å². The van der Waals surface area contributed by atoms with Crippen LogP contribution in [0.2, 0.25) is 0 Å². The zero-order valence-electron chi connectivity index (χ0n) is 20.6. The van der Waals surface area contributed by atoms with Gasteiger partial charge >= 0.3 is 0 Å². The quantitative estimate of drug-likeness (QED) is 0.432. The molecule has 2 N–H and O–H groups in total. The normalized spacial score (nSPS) is 15.6. The highest BCUT2D eigenvalue weighted by Gasteiger charge is 2.35. The number of carbonyl (C=O) groups is 1. The van der Waals surface area contributed by atoms with Crippen LogP contribution in [0.25, 0.3) is 10.9 Å². The Hall–Kier alpha value is -1.89. The van der Waals surface area contributed by atoms with Gasteiger partial charge in [0, 0.05) is 18.3 Å². The average molecular weight is 447 g/mol. The van der Waals surface area contributed by atoms with Crippen LogP contribution < -0.4 is 10.1 Å². The Balaban J connectivity index is 0.00000176. The molecule has 180 valence electrons. The Morgan fingerprint density at radius 2 is 2.06 bits per heavy atom. The number of hydrogen-bond acceptors (Lipinski definition) is 5. The van der Waals surface area contributed by atoms with Gasteiger partial charge in [-0.3, -0.25) is 4.79 Å². The van der Waals surface area contributed by atoms with E-state index in [1.807, 2.05) is 38.2 Å². The Labute approximate surface area is 193 Å². The van der Waals surface area contributed by atoms with Gasteiger partial charge in [-0.15, -0.1) is 0 Å². The molecule has 1 atom stereocenters. The van der Waals surface area contributed by atoms with Gasteiger partial charge in [-0.05, 0) is 37.4 Å². The van der Waals surface area contributed by atoms with E-state index in [0.29, 0.717) is 50.0 Å². The number of methoxy groups -OCH3 is 1. The Kier molecular flexibility index (Phi) is 10.7. The van der Waals surface area contributed by atoms with Crippen molar-refractivity contribution >= 4 is 16.7 Å². The number of unbranched alkanes of at least 4 members (excludes halogenated alkanes) is 1. The van der Waals surface area contributed by atoms with Crippen molar-refractivity contribution in [1.82, 2.24) is 9.88 Å². The molecule has 1 fully saturated rings. The van der Waals surface area contributed by atoms with Crippen LogP contribution in [0.15, 0.2) is 24.4 Å². The molecule has 0 spiro atoms. The summed E-state index contributed by atoms with van der Waals surface area (Å²) >= 11 is 0. The SMILES string of the molecule is CC.CCCCC(CC)CNCC(=O)c1cn(CCC2(O)COC2)c2cccc(OC)c12. The smallest absolute Gasteiger partial charge is 0.178 e. The van der Waals surface area contributed by atoms with Crippen LogP contribution in [0.3, 0.4) is 0 Å². The first-order chi connectivity index (χ1) is 15.5. The van der Waals surface area contributed by atoms with Crippen LogP contribution in [-0.2, 0) is 11.3 Å². The van der Waals surface area contributed by atoms with Crippen molar-refractivity contribution < 1.29 is 19.4 Å². The van der Waals surface area contributed by atoms with Crippen molar-refractivity contribution in [3.05, 3.63) is 30.0 Å². The molecule has 6 heteroatoms. The lowest BCUT2D eigenvalue weighted by Crippen LogP contribution is -2.50. The fourth-order valence-electron chi connectivity index (χ4n) is 4.13. The largest absolute Gasteiger partial charge is 0.496 e. The standard InChI is InChI=1S/C24H36N2O4.C2H6/c1-4-6-8-18(5-2)13-25-14-21(27)19-15-26(12-11-24(28)16-30-17-24)20-9-7-10-22(29-3)23(19)20;1-2/h7,9-10,15,18,25,28H,4-6,8,11-14,16-17H2,1-3H3;1-2H3. The number of rotatable bonds is 13. The molecular formula is C26H42N2O4. The van der Waals surface area contributed by atoms with Gasteiger partial charge in [-0.25, -0.2) is 0 Å². The van der Waals surface area contributed by atoms with E-state index in [0.717, 1.165) is 23.9 Å². The molecule has 0 radical (unpaired) electrons. The molecule has 1 aliphatic rings. The number of carbonyl (C=O) groups excluding carboxylic acids is 1. The van der Waals surface area contributed by atoms with Crippen LogP contribution in [0.4, 0.5) is 0 Å². The number of ether oxygens (including phenoxy) is 2. The number of nitrogens with zero attached hydrogens (tertiary/aromatic N) is 1. The zero-order chi connectivity index (χ0) is 23.6. The maximum atomic E-state index is 13.1. The van der Waals surface area contributed by atoms with E-state index < -0.39 is 5.60 Å². The number of Topliss-reactive ketones (excluding diaryl/α,β-unsaturated/α-hetero) is 1. The molecule has 0 aliphatic carbocycles. The van der Waals surface area contributed by atoms with Crippen molar-refractivity contribution in [1.29, 1.82) is 0 Å². The molecule has 1 aromatic heterocycles. The molecule has 1 saturated heterocycles. The van der Waals surface area contributed by atoms with E-state index in [9.17, 15) is 9.90 Å². The molecule has 0 amide bonds. The molecule has 2 aromatic rings. The number of nitrogens with one attached hydrogen (secondary N) is 1. The Bertz CT molecular complexity index is 842. The van der Waals surface area contributed by atoms with E-state index in [4.69, 9.17) is 9.47 Å². The van der Waals surface area contributed by atoms with Gasteiger partial charge in [0.1, 0.15) is 11.4 Å². The van der Waals surface area contributed by atoms with Gasteiger partial charge in [0.05, 0.1) is 37.8 Å². The van der Waals surface area contributed by atoms with Gasteiger partial charge in [0.2, 0.25) is 0 Å². The molecule has 32 heavy (non-hydrogen) atoms. The molecule has 2 heterocycles. The van der Waals surface area contributed by atoms with Crippen LogP contribution in [0.1, 0.15) is 70.2 Å². The molecular weight excluding hydrogens is 404 g/mol. The first-order valence-electron chi connectivity index (χ1n) is 12.2. The van der Waals surface area contributed by atoms with Gasteiger partial charge in [-0.2, -0.15) is 0 Å². The zero-order valence-corrected chi connectivity index (χ0v) is 20.6. The highest BCUT2D eigenvalue weighted by atomic mass is 16.5. The van der Waals surface area contributed by atoms with Gasteiger partial charge in [0.15, 0.2) is 5.78 Å². The highest BCUT2D eigenvalue weighted by molar-refractivity contribution is 6.11. The summed E-state index contributed by atoms with van der Waals surface area (Å²) in [4.78, 5) is 13.1. The minimum atomic E-state index is -0.755. The average Bonchev–Trinajstić information content (AvgIpc) is 3.19. The summed E-state index contributed by atoms with van der Waals surface area (Å²) in [7, 11) is 1.63. The van der Waals surface area contributed by atoms with E-state index in [1.54, 1.807) is 7.11 Å². The summed E-state index contributed by atoms with van der Waals surface area (Å²) in [5.41, 5.74) is 0.874. The fourth-order valence-corrected chi connectivity index (χ4v) is 4.13. The lowest BCUT2D eigenvalue weighted by atomic mass is 9.98. The number of aliphatic hydroxyl groups is 1. The Morgan fingerprint density at radius 1 is 1.31 bits per heavy atom. The van der Waals surface area contributed by atoms with Crippen molar-refractivity contribution in [2.75, 3.05) is 33.4 Å². The topological polar surface area (TPSA) is 72.7 Å². The maximum Gasteiger partial charge on any atom is 0.178 e. The van der Waals surface area contributed by atoms with E-state index in [-0.39, 0.29) is 5.78 Å². The summed E-state index contributed by atoms with van der Waals surface area (Å²) in [6.07, 6.45) is 7.27. The summed E-state index contributed by atoms with van der Waals surface area (Å²) in [6.45, 7) is 11.0. The lowest BCUT2D eigenvalue weighted by Gasteiger charge is -2.36. The monoisotopic (exact) mass is 446 g/mol. The molecule has 1 unspecified atom stereocenters. The van der Waals surface area contributed by atoms with Gasteiger partial charge in [0.25, 0.3) is 0 Å². The van der Waals surface area contributed by atoms with Gasteiger partial charge in [-0.1, -0.05) is 53.0 Å². The number of ketones is 1. The molecule has 1 aromatic carbocycles. The molecule has 6 nitrogen and oxygen atoms in total. The van der Waals surface area contributed by atoms with Crippen LogP contribution in [0, 0.1) is 5.92 Å².